The van der Waals surface area contributed by atoms with Crippen molar-refractivity contribution in [2.24, 2.45) is 0 Å². The fraction of sp³-hybridized carbons (Fsp3) is 0.538. The second-order valence-corrected chi connectivity index (χ2v) is 6.95. The van der Waals surface area contributed by atoms with E-state index in [-0.39, 0.29) is 5.56 Å². The summed E-state index contributed by atoms with van der Waals surface area (Å²) in [6.45, 7) is 2.16. The largest absolute Gasteiger partial charge is 0.573 e. The van der Waals surface area contributed by atoms with E-state index in [1.165, 1.54) is 13.0 Å². The van der Waals surface area contributed by atoms with Gasteiger partial charge in [-0.25, -0.2) is 0 Å². The summed E-state index contributed by atoms with van der Waals surface area (Å²) in [5.74, 6) is -0.756. The number of aryl methyl sites for hydroxylation is 1. The molecule has 0 bridgehead atoms. The van der Waals surface area contributed by atoms with Crippen molar-refractivity contribution in [2.45, 2.75) is 24.5 Å². The Kier molecular flexibility index (Phi) is 5.24. The van der Waals surface area contributed by atoms with Gasteiger partial charge in [0.05, 0.1) is 13.2 Å². The molecule has 0 saturated carbocycles. The van der Waals surface area contributed by atoms with E-state index in [0.29, 0.717) is 29.6 Å². The molecule has 0 amide bonds. The van der Waals surface area contributed by atoms with Crippen LogP contribution in [0.5, 0.6) is 11.5 Å². The van der Waals surface area contributed by atoms with Crippen molar-refractivity contribution < 1.29 is 40.6 Å². The molecule has 1 aromatic carbocycles. The topological polar surface area (TPSA) is 27.7 Å². The lowest BCUT2D eigenvalue weighted by atomic mass is 10.2. The van der Waals surface area contributed by atoms with Crippen LogP contribution < -0.4 is 9.47 Å². The minimum Gasteiger partial charge on any atom is -0.402 e. The van der Waals surface area contributed by atoms with Crippen LogP contribution in [0.25, 0.3) is 0 Å². The van der Waals surface area contributed by atoms with Crippen molar-refractivity contribution in [3.05, 3.63) is 17.7 Å². The molecule has 0 aliphatic carbocycles. The maximum atomic E-state index is 12.5. The molecule has 1 saturated heterocycles. The summed E-state index contributed by atoms with van der Waals surface area (Å²) in [4.78, 5) is 0.500. The quantitative estimate of drug-likeness (QED) is 0.604. The van der Waals surface area contributed by atoms with Gasteiger partial charge in [0.15, 0.2) is 16.4 Å². The molecule has 0 spiro atoms. The van der Waals surface area contributed by atoms with Gasteiger partial charge >= 0.3 is 12.7 Å². The Morgan fingerprint density at radius 1 is 0.957 bits per heavy atom. The molecule has 10 heteroatoms. The third-order valence-electron chi connectivity index (χ3n) is 2.94. The van der Waals surface area contributed by atoms with Crippen molar-refractivity contribution in [3.8, 4) is 11.5 Å². The second-order valence-electron chi connectivity index (χ2n) is 4.68. The maximum absolute atomic E-state index is 12.5. The SMILES string of the molecule is Cc1cc([S+]2CCOCC2)cc(OC(F)(F)F)c1OC(F)(F)F. The van der Waals surface area contributed by atoms with E-state index in [9.17, 15) is 26.3 Å². The van der Waals surface area contributed by atoms with Crippen LogP contribution in [0.3, 0.4) is 0 Å². The average Bonchev–Trinajstić information content (AvgIpc) is 2.40. The normalized spacial score (nSPS) is 17.2. The Morgan fingerprint density at radius 3 is 2.04 bits per heavy atom. The van der Waals surface area contributed by atoms with Gasteiger partial charge in [0.25, 0.3) is 0 Å². The van der Waals surface area contributed by atoms with Crippen LogP contribution >= 0.6 is 0 Å². The van der Waals surface area contributed by atoms with E-state index >= 15 is 0 Å². The summed E-state index contributed by atoms with van der Waals surface area (Å²) in [6, 6.07) is 2.37. The molecule has 130 valence electrons. The van der Waals surface area contributed by atoms with Crippen molar-refractivity contribution in [1.82, 2.24) is 0 Å². The number of benzene rings is 1. The van der Waals surface area contributed by atoms with Gasteiger partial charge in [-0.2, -0.15) is 0 Å². The minimum atomic E-state index is -5.12. The molecular weight excluding hydrogens is 350 g/mol. The molecule has 3 nitrogen and oxygen atoms in total. The first-order chi connectivity index (χ1) is 10.6. The van der Waals surface area contributed by atoms with E-state index in [0.717, 1.165) is 6.07 Å². The molecule has 1 fully saturated rings. The summed E-state index contributed by atoms with van der Waals surface area (Å²) in [7, 11) is -0.398. The summed E-state index contributed by atoms with van der Waals surface area (Å²) in [5, 5.41) is 0. The highest BCUT2D eigenvalue weighted by atomic mass is 32.2. The van der Waals surface area contributed by atoms with Gasteiger partial charge in [-0.1, -0.05) is 0 Å². The zero-order valence-corrected chi connectivity index (χ0v) is 12.7. The van der Waals surface area contributed by atoms with Gasteiger partial charge < -0.3 is 14.2 Å². The fourth-order valence-corrected chi connectivity index (χ4v) is 4.01. The molecular formula is C13H13F6O3S+. The van der Waals surface area contributed by atoms with E-state index in [2.05, 4.69) is 9.47 Å². The first-order valence-corrected chi connectivity index (χ1v) is 8.03. The Bertz CT molecular complexity index is 552. The van der Waals surface area contributed by atoms with Crippen LogP contribution in [0.15, 0.2) is 17.0 Å². The number of ether oxygens (including phenoxy) is 3. The van der Waals surface area contributed by atoms with E-state index in [1.54, 1.807) is 0 Å². The van der Waals surface area contributed by atoms with Gasteiger partial charge in [0.1, 0.15) is 11.5 Å². The van der Waals surface area contributed by atoms with Crippen molar-refractivity contribution in [3.63, 3.8) is 0 Å². The lowest BCUT2D eigenvalue weighted by molar-refractivity contribution is -0.287. The lowest BCUT2D eigenvalue weighted by Gasteiger charge is -2.19. The van der Waals surface area contributed by atoms with Crippen LogP contribution in [0, 0.1) is 6.92 Å². The Labute approximate surface area is 130 Å². The molecule has 0 N–H and O–H groups in total. The first kappa shape index (κ1) is 18.1. The van der Waals surface area contributed by atoms with E-state index in [4.69, 9.17) is 4.74 Å². The Hall–Kier alpha value is -1.29. The van der Waals surface area contributed by atoms with Crippen molar-refractivity contribution in [1.29, 1.82) is 0 Å². The average molecular weight is 363 g/mol. The van der Waals surface area contributed by atoms with Gasteiger partial charge in [0, 0.05) is 28.6 Å². The molecule has 1 aliphatic heterocycles. The number of rotatable bonds is 3. The zero-order valence-electron chi connectivity index (χ0n) is 11.9. The molecule has 0 unspecified atom stereocenters. The fourth-order valence-electron chi connectivity index (χ4n) is 2.08. The van der Waals surface area contributed by atoms with E-state index in [1.807, 2.05) is 0 Å². The first-order valence-electron chi connectivity index (χ1n) is 6.46. The van der Waals surface area contributed by atoms with E-state index < -0.39 is 35.1 Å². The van der Waals surface area contributed by atoms with Gasteiger partial charge in [-0.15, -0.1) is 26.3 Å². The highest BCUT2D eigenvalue weighted by molar-refractivity contribution is 7.97. The second kappa shape index (κ2) is 6.68. The molecule has 0 aromatic heterocycles. The monoisotopic (exact) mass is 363 g/mol. The summed E-state index contributed by atoms with van der Waals surface area (Å²) in [6.07, 6.45) is -10.2. The molecule has 1 heterocycles. The molecule has 1 aromatic rings. The zero-order chi connectivity index (χ0) is 17.3. The molecule has 1 aliphatic rings. The summed E-state index contributed by atoms with van der Waals surface area (Å²) in [5.41, 5.74) is -0.0712. The smallest absolute Gasteiger partial charge is 0.402 e. The highest BCUT2D eigenvalue weighted by Crippen LogP contribution is 2.40. The van der Waals surface area contributed by atoms with Crippen molar-refractivity contribution >= 4 is 10.9 Å². The van der Waals surface area contributed by atoms with Crippen molar-refractivity contribution in [2.75, 3.05) is 24.7 Å². The van der Waals surface area contributed by atoms with Crippen LogP contribution in [0.4, 0.5) is 26.3 Å². The minimum absolute atomic E-state index is 0.0712. The van der Waals surface area contributed by atoms with Crippen LogP contribution in [-0.4, -0.2) is 37.4 Å². The van der Waals surface area contributed by atoms with Gasteiger partial charge in [-0.05, 0) is 6.92 Å². The molecule has 23 heavy (non-hydrogen) atoms. The number of hydrogen-bond donors (Lipinski definition) is 0. The predicted octanol–water partition coefficient (Wildman–Crippen LogP) is 3.80. The molecule has 0 radical (unpaired) electrons. The van der Waals surface area contributed by atoms with Crippen LogP contribution in [-0.2, 0) is 15.6 Å². The Morgan fingerprint density at radius 2 is 1.52 bits per heavy atom. The van der Waals surface area contributed by atoms with Gasteiger partial charge in [-0.3, -0.25) is 0 Å². The predicted molar refractivity (Wildman–Crippen MR) is 70.7 cm³/mol. The number of halogens is 6. The molecule has 0 atom stereocenters. The third-order valence-corrected chi connectivity index (χ3v) is 5.16. The van der Waals surface area contributed by atoms with Crippen LogP contribution in [0.1, 0.15) is 5.56 Å². The Balaban J connectivity index is 2.40. The standard InChI is InChI=1S/C13H13F6O3S/c1-8-6-9(23-4-2-20-3-5-23)7-10(21-12(14,15)16)11(8)22-13(17,18)19/h6-7H,2-5H2,1H3/q+1. The van der Waals surface area contributed by atoms with Gasteiger partial charge in [0.2, 0.25) is 0 Å². The summed E-state index contributed by atoms with van der Waals surface area (Å²) < 4.78 is 87.3. The summed E-state index contributed by atoms with van der Waals surface area (Å²) >= 11 is 0. The third kappa shape index (κ3) is 5.38. The number of alkyl halides is 6. The number of hydrogen-bond acceptors (Lipinski definition) is 3. The molecule has 2 rings (SSSR count). The highest BCUT2D eigenvalue weighted by Gasteiger charge is 2.39. The lowest BCUT2D eigenvalue weighted by Crippen LogP contribution is -2.27. The maximum Gasteiger partial charge on any atom is 0.573 e. The van der Waals surface area contributed by atoms with Crippen LogP contribution in [0.2, 0.25) is 0 Å².